The Hall–Kier alpha value is -2.82. The predicted molar refractivity (Wildman–Crippen MR) is 113 cm³/mol. The third-order valence-electron chi connectivity index (χ3n) is 6.08. The molecular weight excluding hydrogens is 364 g/mol. The molecule has 1 heterocycles. The Kier molecular flexibility index (Phi) is 5.84. The standard InChI is InChI=1S/C24H28N2O3/c1-29-20-9-5-8-19(15-20)25-23(27)21-16-22(21)24(28)26-12-10-18(11-13-26)14-17-6-3-2-4-7-17/h2-9,15,18,21-22H,10-14,16H2,1H3,(H,25,27). The van der Waals surface area contributed by atoms with Gasteiger partial charge >= 0.3 is 0 Å². The molecule has 2 unspecified atom stereocenters. The molecule has 2 aromatic carbocycles. The van der Waals surface area contributed by atoms with Crippen LogP contribution in [0.3, 0.4) is 0 Å². The van der Waals surface area contributed by atoms with E-state index >= 15 is 0 Å². The molecular formula is C24H28N2O3. The van der Waals surface area contributed by atoms with Crippen molar-refractivity contribution in [3.05, 3.63) is 60.2 Å². The van der Waals surface area contributed by atoms with E-state index in [0.29, 0.717) is 23.8 Å². The number of carbonyl (C=O) groups excluding carboxylic acids is 2. The second-order valence-electron chi connectivity index (χ2n) is 8.13. The van der Waals surface area contributed by atoms with Crippen molar-refractivity contribution in [1.29, 1.82) is 0 Å². The Morgan fingerprint density at radius 3 is 2.52 bits per heavy atom. The molecule has 1 saturated heterocycles. The third-order valence-corrected chi connectivity index (χ3v) is 6.08. The van der Waals surface area contributed by atoms with Crippen LogP contribution in [0, 0.1) is 17.8 Å². The van der Waals surface area contributed by atoms with Gasteiger partial charge < -0.3 is 15.0 Å². The van der Waals surface area contributed by atoms with E-state index in [1.165, 1.54) is 5.56 Å². The van der Waals surface area contributed by atoms with Crippen molar-refractivity contribution in [2.24, 2.45) is 17.8 Å². The molecule has 2 atom stereocenters. The Labute approximate surface area is 172 Å². The lowest BCUT2D eigenvalue weighted by atomic mass is 9.90. The number of benzene rings is 2. The number of nitrogens with one attached hydrogen (secondary N) is 1. The normalized spacial score (nSPS) is 21.5. The first-order valence-corrected chi connectivity index (χ1v) is 10.4. The number of hydrogen-bond donors (Lipinski definition) is 1. The van der Waals surface area contributed by atoms with E-state index in [0.717, 1.165) is 32.4 Å². The molecule has 0 radical (unpaired) electrons. The summed E-state index contributed by atoms with van der Waals surface area (Å²) in [5.41, 5.74) is 2.07. The van der Waals surface area contributed by atoms with E-state index in [9.17, 15) is 9.59 Å². The molecule has 29 heavy (non-hydrogen) atoms. The van der Waals surface area contributed by atoms with Crippen molar-refractivity contribution in [3.63, 3.8) is 0 Å². The summed E-state index contributed by atoms with van der Waals surface area (Å²) in [7, 11) is 1.60. The first-order valence-electron chi connectivity index (χ1n) is 10.4. The number of rotatable bonds is 6. The van der Waals surface area contributed by atoms with Crippen LogP contribution >= 0.6 is 0 Å². The number of piperidine rings is 1. The molecule has 4 rings (SSSR count). The fraction of sp³-hybridized carbons (Fsp3) is 0.417. The molecule has 152 valence electrons. The van der Waals surface area contributed by atoms with Crippen LogP contribution in [0.15, 0.2) is 54.6 Å². The quantitative estimate of drug-likeness (QED) is 0.815. The first-order chi connectivity index (χ1) is 14.1. The first kappa shape index (κ1) is 19.5. The molecule has 1 aliphatic carbocycles. The smallest absolute Gasteiger partial charge is 0.228 e. The molecule has 1 N–H and O–H groups in total. The molecule has 1 saturated carbocycles. The minimum absolute atomic E-state index is 0.0735. The van der Waals surface area contributed by atoms with Gasteiger partial charge in [0.1, 0.15) is 5.75 Å². The summed E-state index contributed by atoms with van der Waals surface area (Å²) in [6.45, 7) is 1.61. The van der Waals surface area contributed by atoms with Crippen LogP contribution < -0.4 is 10.1 Å². The number of hydrogen-bond acceptors (Lipinski definition) is 3. The summed E-state index contributed by atoms with van der Waals surface area (Å²) in [6, 6.07) is 17.8. The molecule has 0 bridgehead atoms. The number of nitrogens with zero attached hydrogens (tertiary/aromatic N) is 1. The van der Waals surface area contributed by atoms with Gasteiger partial charge in [0, 0.05) is 24.8 Å². The molecule has 1 aliphatic heterocycles. The Morgan fingerprint density at radius 1 is 1.03 bits per heavy atom. The van der Waals surface area contributed by atoms with E-state index in [2.05, 4.69) is 29.6 Å². The Bertz CT molecular complexity index is 859. The van der Waals surface area contributed by atoms with Crippen LogP contribution in [-0.4, -0.2) is 36.9 Å². The fourth-order valence-electron chi connectivity index (χ4n) is 4.23. The number of amides is 2. The van der Waals surface area contributed by atoms with Gasteiger partial charge in [0.05, 0.1) is 18.9 Å². The maximum Gasteiger partial charge on any atom is 0.228 e. The number of carbonyl (C=O) groups is 2. The largest absolute Gasteiger partial charge is 0.497 e. The van der Waals surface area contributed by atoms with E-state index in [1.807, 2.05) is 29.2 Å². The fourth-order valence-corrected chi connectivity index (χ4v) is 4.23. The van der Waals surface area contributed by atoms with Crippen molar-refractivity contribution in [1.82, 2.24) is 4.90 Å². The summed E-state index contributed by atoms with van der Waals surface area (Å²) in [5.74, 6) is 1.03. The second kappa shape index (κ2) is 8.68. The van der Waals surface area contributed by atoms with Crippen LogP contribution in [-0.2, 0) is 16.0 Å². The molecule has 2 amide bonds. The van der Waals surface area contributed by atoms with E-state index in [4.69, 9.17) is 4.74 Å². The summed E-state index contributed by atoms with van der Waals surface area (Å²) >= 11 is 0. The maximum atomic E-state index is 12.8. The van der Waals surface area contributed by atoms with Gasteiger partial charge in [-0.25, -0.2) is 0 Å². The summed E-state index contributed by atoms with van der Waals surface area (Å²) in [4.78, 5) is 27.3. The SMILES string of the molecule is COc1cccc(NC(=O)C2CC2C(=O)N2CCC(Cc3ccccc3)CC2)c1. The van der Waals surface area contributed by atoms with Gasteiger partial charge in [0.25, 0.3) is 0 Å². The summed E-state index contributed by atoms with van der Waals surface area (Å²) in [6.07, 6.45) is 3.80. The average molecular weight is 392 g/mol. The average Bonchev–Trinajstić information content (AvgIpc) is 3.56. The topological polar surface area (TPSA) is 58.6 Å². The van der Waals surface area contributed by atoms with Gasteiger partial charge in [-0.3, -0.25) is 9.59 Å². The highest BCUT2D eigenvalue weighted by molar-refractivity contribution is 5.99. The maximum absolute atomic E-state index is 12.8. The molecule has 0 aromatic heterocycles. The van der Waals surface area contributed by atoms with Crippen LogP contribution in [0.5, 0.6) is 5.75 Å². The zero-order valence-corrected chi connectivity index (χ0v) is 16.8. The van der Waals surface area contributed by atoms with Gasteiger partial charge in [-0.1, -0.05) is 36.4 Å². The van der Waals surface area contributed by atoms with Gasteiger partial charge in [-0.2, -0.15) is 0 Å². The highest BCUT2D eigenvalue weighted by atomic mass is 16.5. The zero-order valence-electron chi connectivity index (χ0n) is 16.8. The number of ether oxygens (including phenoxy) is 1. The van der Waals surface area contributed by atoms with Gasteiger partial charge in [0.2, 0.25) is 11.8 Å². The van der Waals surface area contributed by atoms with Crippen molar-refractivity contribution in [3.8, 4) is 5.75 Å². The minimum atomic E-state index is -0.212. The zero-order chi connectivity index (χ0) is 20.2. The van der Waals surface area contributed by atoms with Gasteiger partial charge in [0.15, 0.2) is 0 Å². The Balaban J connectivity index is 1.24. The monoisotopic (exact) mass is 392 g/mol. The lowest BCUT2D eigenvalue weighted by Gasteiger charge is -2.32. The lowest BCUT2D eigenvalue weighted by Crippen LogP contribution is -2.40. The van der Waals surface area contributed by atoms with Crippen molar-refractivity contribution in [2.75, 3.05) is 25.5 Å². The number of methoxy groups -OCH3 is 1. The van der Waals surface area contributed by atoms with Crippen molar-refractivity contribution in [2.45, 2.75) is 25.7 Å². The molecule has 5 heteroatoms. The van der Waals surface area contributed by atoms with E-state index in [1.54, 1.807) is 13.2 Å². The summed E-state index contributed by atoms with van der Waals surface area (Å²) < 4.78 is 5.19. The highest BCUT2D eigenvalue weighted by Gasteiger charge is 2.49. The van der Waals surface area contributed by atoms with Crippen molar-refractivity contribution >= 4 is 17.5 Å². The van der Waals surface area contributed by atoms with Crippen LogP contribution in [0.25, 0.3) is 0 Å². The van der Waals surface area contributed by atoms with Crippen LogP contribution in [0.2, 0.25) is 0 Å². The van der Waals surface area contributed by atoms with Gasteiger partial charge in [-0.15, -0.1) is 0 Å². The summed E-state index contributed by atoms with van der Waals surface area (Å²) in [5, 5.41) is 2.91. The van der Waals surface area contributed by atoms with Crippen molar-refractivity contribution < 1.29 is 14.3 Å². The van der Waals surface area contributed by atoms with E-state index in [-0.39, 0.29) is 23.7 Å². The molecule has 2 aliphatic rings. The Morgan fingerprint density at radius 2 is 1.79 bits per heavy atom. The predicted octanol–water partition coefficient (Wildman–Crippen LogP) is 3.75. The molecule has 2 fully saturated rings. The number of likely N-dealkylation sites (tertiary alicyclic amines) is 1. The molecule has 5 nitrogen and oxygen atoms in total. The number of anilines is 1. The molecule has 0 spiro atoms. The minimum Gasteiger partial charge on any atom is -0.497 e. The third kappa shape index (κ3) is 4.78. The molecule has 2 aromatic rings. The van der Waals surface area contributed by atoms with Crippen LogP contribution in [0.4, 0.5) is 5.69 Å². The van der Waals surface area contributed by atoms with Crippen LogP contribution in [0.1, 0.15) is 24.8 Å². The lowest BCUT2D eigenvalue weighted by molar-refractivity contribution is -0.135. The van der Waals surface area contributed by atoms with E-state index < -0.39 is 0 Å². The highest BCUT2D eigenvalue weighted by Crippen LogP contribution is 2.41. The van der Waals surface area contributed by atoms with Gasteiger partial charge in [-0.05, 0) is 49.3 Å². The second-order valence-corrected chi connectivity index (χ2v) is 8.13.